The molecule has 20 heavy (non-hydrogen) atoms. The standard InChI is InChI=1S/C14H25NO4S/c1-14(2,3)19-13(17)15-8-10-5-6-20-9-11(10)7-12(16)18-4/h10-11H,5-9H2,1-4H3,(H,15,17). The van der Waals surface area contributed by atoms with Crippen molar-refractivity contribution in [2.45, 2.75) is 39.2 Å². The number of esters is 1. The van der Waals surface area contributed by atoms with E-state index in [9.17, 15) is 9.59 Å². The summed E-state index contributed by atoms with van der Waals surface area (Å²) in [6, 6.07) is 0. The molecule has 0 aliphatic carbocycles. The number of ether oxygens (including phenoxy) is 2. The van der Waals surface area contributed by atoms with Crippen LogP contribution in [0.3, 0.4) is 0 Å². The monoisotopic (exact) mass is 303 g/mol. The normalized spacial score (nSPS) is 23.0. The summed E-state index contributed by atoms with van der Waals surface area (Å²) in [5.41, 5.74) is -0.488. The average Bonchev–Trinajstić information content (AvgIpc) is 2.35. The highest BCUT2D eigenvalue weighted by atomic mass is 32.2. The lowest BCUT2D eigenvalue weighted by Gasteiger charge is -2.31. The van der Waals surface area contributed by atoms with E-state index >= 15 is 0 Å². The van der Waals surface area contributed by atoms with Crippen LogP contribution >= 0.6 is 11.8 Å². The first-order valence-corrected chi connectivity index (χ1v) is 8.08. The van der Waals surface area contributed by atoms with E-state index in [4.69, 9.17) is 9.47 Å². The van der Waals surface area contributed by atoms with Gasteiger partial charge in [0.25, 0.3) is 0 Å². The van der Waals surface area contributed by atoms with Gasteiger partial charge in [0.15, 0.2) is 0 Å². The Morgan fingerprint density at radius 2 is 2.00 bits per heavy atom. The maximum atomic E-state index is 11.7. The Kier molecular flexibility index (Phi) is 6.65. The van der Waals surface area contributed by atoms with E-state index in [0.29, 0.717) is 18.9 Å². The number of carbonyl (C=O) groups is 2. The van der Waals surface area contributed by atoms with Crippen molar-refractivity contribution in [1.29, 1.82) is 0 Å². The second-order valence-electron chi connectivity index (χ2n) is 6.05. The number of rotatable bonds is 4. The second kappa shape index (κ2) is 7.76. The minimum absolute atomic E-state index is 0.181. The molecule has 0 aromatic rings. The Hall–Kier alpha value is -0.910. The molecule has 1 rings (SSSR count). The topological polar surface area (TPSA) is 64.6 Å². The van der Waals surface area contributed by atoms with Gasteiger partial charge in [-0.3, -0.25) is 4.79 Å². The van der Waals surface area contributed by atoms with Crippen LogP contribution in [0.15, 0.2) is 0 Å². The molecule has 116 valence electrons. The van der Waals surface area contributed by atoms with Gasteiger partial charge in [-0.2, -0.15) is 11.8 Å². The number of alkyl carbamates (subject to hydrolysis) is 1. The van der Waals surface area contributed by atoms with E-state index < -0.39 is 11.7 Å². The number of hydrogen-bond donors (Lipinski definition) is 1. The summed E-state index contributed by atoms with van der Waals surface area (Å²) in [6.07, 6.45) is 1.03. The Morgan fingerprint density at radius 3 is 2.60 bits per heavy atom. The third-order valence-corrected chi connectivity index (χ3v) is 4.38. The lowest BCUT2D eigenvalue weighted by molar-refractivity contribution is -0.142. The van der Waals surface area contributed by atoms with Crippen molar-refractivity contribution in [2.24, 2.45) is 11.8 Å². The third kappa shape index (κ3) is 6.50. The van der Waals surface area contributed by atoms with Crippen LogP contribution in [0.2, 0.25) is 0 Å². The van der Waals surface area contributed by atoms with Crippen LogP contribution in [0.5, 0.6) is 0 Å². The van der Waals surface area contributed by atoms with Crippen LogP contribution in [-0.4, -0.2) is 42.8 Å². The number of thioether (sulfide) groups is 1. The van der Waals surface area contributed by atoms with Gasteiger partial charge < -0.3 is 14.8 Å². The summed E-state index contributed by atoms with van der Waals surface area (Å²) in [7, 11) is 1.41. The van der Waals surface area contributed by atoms with Gasteiger partial charge in [0, 0.05) is 13.0 Å². The Morgan fingerprint density at radius 1 is 1.30 bits per heavy atom. The zero-order chi connectivity index (χ0) is 15.2. The van der Waals surface area contributed by atoms with Gasteiger partial charge in [-0.05, 0) is 50.5 Å². The summed E-state index contributed by atoms with van der Waals surface area (Å²) < 4.78 is 9.95. The molecule has 0 aromatic heterocycles. The molecule has 0 saturated carbocycles. The highest BCUT2D eigenvalue weighted by molar-refractivity contribution is 7.99. The maximum Gasteiger partial charge on any atom is 0.407 e. The molecule has 1 amide bonds. The highest BCUT2D eigenvalue weighted by Gasteiger charge is 2.28. The summed E-state index contributed by atoms with van der Waals surface area (Å²) in [4.78, 5) is 23.1. The van der Waals surface area contributed by atoms with E-state index in [2.05, 4.69) is 5.32 Å². The van der Waals surface area contributed by atoms with Crippen LogP contribution in [0, 0.1) is 11.8 Å². The van der Waals surface area contributed by atoms with Gasteiger partial charge in [-0.1, -0.05) is 0 Å². The van der Waals surface area contributed by atoms with Crippen molar-refractivity contribution >= 4 is 23.8 Å². The number of carbonyl (C=O) groups excluding carboxylic acids is 2. The minimum Gasteiger partial charge on any atom is -0.469 e. The molecule has 0 aromatic carbocycles. The van der Waals surface area contributed by atoms with E-state index in [1.807, 2.05) is 32.5 Å². The largest absolute Gasteiger partial charge is 0.469 e. The van der Waals surface area contributed by atoms with Gasteiger partial charge >= 0.3 is 12.1 Å². The number of methoxy groups -OCH3 is 1. The second-order valence-corrected chi connectivity index (χ2v) is 7.20. The Balaban J connectivity index is 2.42. The fourth-order valence-corrected chi connectivity index (χ4v) is 3.49. The van der Waals surface area contributed by atoms with E-state index in [0.717, 1.165) is 17.9 Å². The van der Waals surface area contributed by atoms with E-state index in [-0.39, 0.29) is 11.9 Å². The van der Waals surface area contributed by atoms with Crippen LogP contribution < -0.4 is 5.32 Å². The molecule has 1 aliphatic rings. The molecule has 1 saturated heterocycles. The molecule has 2 atom stereocenters. The zero-order valence-electron chi connectivity index (χ0n) is 12.7. The molecular weight excluding hydrogens is 278 g/mol. The lowest BCUT2D eigenvalue weighted by atomic mass is 9.88. The molecule has 0 bridgehead atoms. The fourth-order valence-electron chi connectivity index (χ4n) is 2.16. The molecule has 5 nitrogen and oxygen atoms in total. The third-order valence-electron chi connectivity index (χ3n) is 3.20. The summed E-state index contributed by atoms with van der Waals surface area (Å²) >= 11 is 1.85. The van der Waals surface area contributed by atoms with Crippen molar-refractivity contribution in [2.75, 3.05) is 25.2 Å². The maximum absolute atomic E-state index is 11.7. The summed E-state index contributed by atoms with van der Waals surface area (Å²) in [5, 5.41) is 2.81. The quantitative estimate of drug-likeness (QED) is 0.808. The smallest absolute Gasteiger partial charge is 0.407 e. The molecule has 0 radical (unpaired) electrons. The van der Waals surface area contributed by atoms with E-state index in [1.54, 1.807) is 0 Å². The first kappa shape index (κ1) is 17.1. The van der Waals surface area contributed by atoms with Crippen molar-refractivity contribution in [3.8, 4) is 0 Å². The van der Waals surface area contributed by atoms with E-state index in [1.165, 1.54) is 7.11 Å². The SMILES string of the molecule is COC(=O)CC1CSCCC1CNC(=O)OC(C)(C)C. The van der Waals surface area contributed by atoms with Crippen LogP contribution in [0.1, 0.15) is 33.6 Å². The Bertz CT molecular complexity index is 341. The Labute approximate surface area is 125 Å². The first-order chi connectivity index (χ1) is 9.31. The lowest BCUT2D eigenvalue weighted by Crippen LogP contribution is -2.39. The molecule has 1 heterocycles. The minimum atomic E-state index is -0.488. The molecule has 6 heteroatoms. The molecule has 2 unspecified atom stereocenters. The van der Waals surface area contributed by atoms with Gasteiger partial charge in [0.05, 0.1) is 7.11 Å². The first-order valence-electron chi connectivity index (χ1n) is 6.93. The van der Waals surface area contributed by atoms with Crippen molar-refractivity contribution < 1.29 is 19.1 Å². The van der Waals surface area contributed by atoms with Crippen molar-refractivity contribution in [3.63, 3.8) is 0 Å². The molecule has 1 N–H and O–H groups in total. The van der Waals surface area contributed by atoms with Gasteiger partial charge in [0.2, 0.25) is 0 Å². The number of hydrogen-bond acceptors (Lipinski definition) is 5. The van der Waals surface area contributed by atoms with Crippen molar-refractivity contribution in [1.82, 2.24) is 5.32 Å². The molecule has 1 aliphatic heterocycles. The van der Waals surface area contributed by atoms with Crippen molar-refractivity contribution in [3.05, 3.63) is 0 Å². The summed E-state index contributed by atoms with van der Waals surface area (Å²) in [5.74, 6) is 2.40. The molecule has 1 fully saturated rings. The van der Waals surface area contributed by atoms with Crippen LogP contribution in [-0.2, 0) is 14.3 Å². The zero-order valence-corrected chi connectivity index (χ0v) is 13.5. The van der Waals surface area contributed by atoms with Gasteiger partial charge in [-0.25, -0.2) is 4.79 Å². The van der Waals surface area contributed by atoms with Gasteiger partial charge in [0.1, 0.15) is 5.60 Å². The van der Waals surface area contributed by atoms with Crippen LogP contribution in [0.25, 0.3) is 0 Å². The van der Waals surface area contributed by atoms with Crippen LogP contribution in [0.4, 0.5) is 4.79 Å². The molecule has 0 spiro atoms. The molecular formula is C14H25NO4S. The fraction of sp³-hybridized carbons (Fsp3) is 0.857. The highest BCUT2D eigenvalue weighted by Crippen LogP contribution is 2.30. The number of amides is 1. The predicted molar refractivity (Wildman–Crippen MR) is 79.8 cm³/mol. The number of nitrogens with one attached hydrogen (secondary N) is 1. The average molecular weight is 303 g/mol. The predicted octanol–water partition coefficient (Wildman–Crippen LogP) is 2.44. The summed E-state index contributed by atoms with van der Waals surface area (Å²) in [6.45, 7) is 6.06. The van der Waals surface area contributed by atoms with Gasteiger partial charge in [-0.15, -0.1) is 0 Å².